The summed E-state index contributed by atoms with van der Waals surface area (Å²) in [5.41, 5.74) is 0. The van der Waals surface area contributed by atoms with Gasteiger partial charge in [0, 0.05) is 0 Å². The predicted molar refractivity (Wildman–Crippen MR) is 232 cm³/mol. The first-order chi connectivity index (χ1) is 26.2. The first-order valence-electron chi connectivity index (χ1n) is 23.5. The molecule has 0 saturated carbocycles. The Balaban J connectivity index is 3.91. The molecule has 0 aliphatic rings. The van der Waals surface area contributed by atoms with Crippen molar-refractivity contribution in [2.45, 2.75) is 270 Å². The van der Waals surface area contributed by atoms with E-state index in [9.17, 15) is 28.0 Å². The predicted octanol–water partition coefficient (Wildman–Crippen LogP) is 13.1. The third-order valence-electron chi connectivity index (χ3n) is 11.1. The summed E-state index contributed by atoms with van der Waals surface area (Å²) in [5, 5.41) is 23.5. The number of rotatable bonds is 43. The largest absolute Gasteiger partial charge is 0.387 e. The van der Waals surface area contributed by atoms with Crippen molar-refractivity contribution in [3.63, 3.8) is 0 Å². The highest BCUT2D eigenvalue weighted by molar-refractivity contribution is 7.85. The molecule has 0 spiro atoms. The van der Waals surface area contributed by atoms with E-state index in [0.29, 0.717) is 6.42 Å². The third kappa shape index (κ3) is 39.3. The third-order valence-corrected chi connectivity index (χ3v) is 11.9. The SMILES string of the molecule is CCCCCCCCCCCCCCCCC/C=C/C(O)C(CS(=O)(=O)O)NC(=O)C(O)CCCCCCCCCCCCCCCCCCCCCC. The molecule has 54 heavy (non-hydrogen) atoms. The lowest BCUT2D eigenvalue weighted by Gasteiger charge is -2.22. The van der Waals surface area contributed by atoms with Crippen molar-refractivity contribution < 1.29 is 28.0 Å². The van der Waals surface area contributed by atoms with Crippen LogP contribution in [0.25, 0.3) is 0 Å². The summed E-state index contributed by atoms with van der Waals surface area (Å²) in [6.45, 7) is 4.54. The maximum Gasteiger partial charge on any atom is 0.267 e. The summed E-state index contributed by atoms with van der Waals surface area (Å²) in [6, 6.07) is -1.23. The van der Waals surface area contributed by atoms with Crippen LogP contribution in [0.4, 0.5) is 0 Å². The monoisotopic (exact) mass is 786 g/mol. The van der Waals surface area contributed by atoms with Crippen LogP contribution >= 0.6 is 0 Å². The first kappa shape index (κ1) is 53.0. The van der Waals surface area contributed by atoms with Crippen molar-refractivity contribution in [3.8, 4) is 0 Å². The molecule has 0 heterocycles. The van der Waals surface area contributed by atoms with Gasteiger partial charge in [0.2, 0.25) is 5.91 Å². The van der Waals surface area contributed by atoms with Gasteiger partial charge in [-0.3, -0.25) is 9.35 Å². The van der Waals surface area contributed by atoms with Crippen LogP contribution < -0.4 is 5.32 Å². The number of nitrogens with one attached hydrogen (secondary N) is 1. The molecule has 1 amide bonds. The molecule has 0 radical (unpaired) electrons. The normalized spacial score (nSPS) is 13.8. The molecule has 322 valence electrons. The Labute approximate surface area is 335 Å². The van der Waals surface area contributed by atoms with Gasteiger partial charge in [-0.25, -0.2) is 0 Å². The summed E-state index contributed by atoms with van der Waals surface area (Å²) in [4.78, 5) is 12.6. The van der Waals surface area contributed by atoms with E-state index < -0.39 is 40.0 Å². The lowest BCUT2D eigenvalue weighted by Crippen LogP contribution is -2.50. The number of carbonyl (C=O) groups is 1. The quantitative estimate of drug-likeness (QED) is 0.0277. The Morgan fingerprint density at radius 3 is 1.11 bits per heavy atom. The highest BCUT2D eigenvalue weighted by Gasteiger charge is 2.27. The van der Waals surface area contributed by atoms with E-state index in [1.807, 2.05) is 6.08 Å². The number of carbonyl (C=O) groups excluding carboxylic acids is 1. The molecule has 0 saturated heterocycles. The maximum absolute atomic E-state index is 12.6. The van der Waals surface area contributed by atoms with Crippen molar-refractivity contribution >= 4 is 16.0 Å². The summed E-state index contributed by atoms with van der Waals surface area (Å²) in [5.74, 6) is -1.52. The van der Waals surface area contributed by atoms with Crippen LogP contribution in [0.5, 0.6) is 0 Å². The van der Waals surface area contributed by atoms with Crippen molar-refractivity contribution in [3.05, 3.63) is 12.2 Å². The molecule has 8 heteroatoms. The number of hydrogen-bond acceptors (Lipinski definition) is 5. The highest BCUT2D eigenvalue weighted by Crippen LogP contribution is 2.17. The van der Waals surface area contributed by atoms with Gasteiger partial charge < -0.3 is 15.5 Å². The van der Waals surface area contributed by atoms with Gasteiger partial charge in [0.1, 0.15) is 6.10 Å². The molecule has 7 nitrogen and oxygen atoms in total. The molecule has 0 rings (SSSR count). The minimum absolute atomic E-state index is 0.286. The van der Waals surface area contributed by atoms with E-state index in [-0.39, 0.29) is 6.42 Å². The topological polar surface area (TPSA) is 124 Å². The lowest BCUT2D eigenvalue weighted by molar-refractivity contribution is -0.130. The Hall–Kier alpha value is -0.960. The minimum atomic E-state index is -4.44. The number of aliphatic hydroxyl groups is 2. The molecule has 0 bridgehead atoms. The molecule has 0 aromatic heterocycles. The second-order valence-corrected chi connectivity index (χ2v) is 18.0. The van der Waals surface area contributed by atoms with Gasteiger partial charge in [0.15, 0.2) is 0 Å². The van der Waals surface area contributed by atoms with E-state index in [0.717, 1.165) is 38.5 Å². The lowest BCUT2D eigenvalue weighted by atomic mass is 10.0. The van der Waals surface area contributed by atoms with Gasteiger partial charge in [0.05, 0.1) is 17.9 Å². The average molecular weight is 786 g/mol. The second kappa shape index (κ2) is 40.2. The molecule has 0 aromatic carbocycles. The number of amides is 1. The number of unbranched alkanes of at least 4 members (excludes halogenated alkanes) is 34. The zero-order valence-electron chi connectivity index (χ0n) is 35.7. The van der Waals surface area contributed by atoms with Crippen LogP contribution in [-0.4, -0.2) is 53.1 Å². The number of hydrogen-bond donors (Lipinski definition) is 4. The van der Waals surface area contributed by atoms with E-state index in [1.54, 1.807) is 0 Å². The van der Waals surface area contributed by atoms with Gasteiger partial charge in [-0.05, 0) is 19.3 Å². The molecule has 0 aromatic rings. The van der Waals surface area contributed by atoms with Gasteiger partial charge in [0.25, 0.3) is 10.1 Å². The van der Waals surface area contributed by atoms with Crippen LogP contribution in [0.3, 0.4) is 0 Å². The fourth-order valence-corrected chi connectivity index (χ4v) is 8.19. The van der Waals surface area contributed by atoms with Crippen LogP contribution in [0.15, 0.2) is 12.2 Å². The fourth-order valence-electron chi connectivity index (χ4n) is 7.46. The van der Waals surface area contributed by atoms with Crippen LogP contribution in [0.2, 0.25) is 0 Å². The van der Waals surface area contributed by atoms with Crippen molar-refractivity contribution in [2.24, 2.45) is 0 Å². The van der Waals surface area contributed by atoms with E-state index in [1.165, 1.54) is 192 Å². The smallest absolute Gasteiger partial charge is 0.267 e. The fraction of sp³-hybridized carbons (Fsp3) is 0.935. The molecule has 3 atom stereocenters. The second-order valence-electron chi connectivity index (χ2n) is 16.5. The Morgan fingerprint density at radius 2 is 0.796 bits per heavy atom. The Kier molecular flexibility index (Phi) is 39.5. The minimum Gasteiger partial charge on any atom is -0.387 e. The van der Waals surface area contributed by atoms with E-state index in [2.05, 4.69) is 19.2 Å². The van der Waals surface area contributed by atoms with E-state index >= 15 is 0 Å². The zero-order chi connectivity index (χ0) is 39.8. The molecular formula is C46H91NO6S. The van der Waals surface area contributed by atoms with E-state index in [4.69, 9.17) is 0 Å². The Morgan fingerprint density at radius 1 is 0.500 bits per heavy atom. The molecule has 0 fully saturated rings. The molecule has 3 unspecified atom stereocenters. The van der Waals surface area contributed by atoms with Gasteiger partial charge in [-0.1, -0.05) is 244 Å². The average Bonchev–Trinajstić information content (AvgIpc) is 3.14. The zero-order valence-corrected chi connectivity index (χ0v) is 36.5. The summed E-state index contributed by atoms with van der Waals surface area (Å²) >= 11 is 0. The van der Waals surface area contributed by atoms with Crippen LogP contribution in [0, 0.1) is 0 Å². The van der Waals surface area contributed by atoms with Crippen molar-refractivity contribution in [2.75, 3.05) is 5.75 Å². The number of allylic oxidation sites excluding steroid dienone is 1. The summed E-state index contributed by atoms with van der Waals surface area (Å²) in [6.07, 6.45) is 47.0. The van der Waals surface area contributed by atoms with Gasteiger partial charge >= 0.3 is 0 Å². The number of aliphatic hydroxyl groups excluding tert-OH is 2. The molecule has 0 aliphatic carbocycles. The van der Waals surface area contributed by atoms with Crippen LogP contribution in [-0.2, 0) is 14.9 Å². The molecule has 0 aliphatic heterocycles. The van der Waals surface area contributed by atoms with Crippen molar-refractivity contribution in [1.82, 2.24) is 5.32 Å². The summed E-state index contributed by atoms with van der Waals surface area (Å²) < 4.78 is 32.6. The maximum atomic E-state index is 12.6. The van der Waals surface area contributed by atoms with Crippen molar-refractivity contribution in [1.29, 1.82) is 0 Å². The van der Waals surface area contributed by atoms with Gasteiger partial charge in [-0.15, -0.1) is 0 Å². The molecule has 4 N–H and O–H groups in total. The molecular weight excluding hydrogens is 695 g/mol. The standard InChI is InChI=1S/C46H91NO6S/c1-3-5-7-9-11-13-15-17-19-21-22-23-25-27-29-31-33-35-37-39-41-45(49)46(50)47-43(42-54(51,52)53)44(48)40-38-36-34-32-30-28-26-24-20-18-16-14-12-10-8-6-4-2/h38,40,43-45,48-49H,3-37,39,41-42H2,1-2H3,(H,47,50)(H,51,52,53)/b40-38+. The summed E-state index contributed by atoms with van der Waals surface area (Å²) in [7, 11) is -4.44. The Bertz CT molecular complexity index is 926. The van der Waals surface area contributed by atoms with Gasteiger partial charge in [-0.2, -0.15) is 8.42 Å². The first-order valence-corrected chi connectivity index (χ1v) is 25.1. The van der Waals surface area contributed by atoms with Crippen LogP contribution in [0.1, 0.15) is 251 Å². The highest BCUT2D eigenvalue weighted by atomic mass is 32.2.